The molecule has 142 valence electrons. The van der Waals surface area contributed by atoms with Gasteiger partial charge in [0.1, 0.15) is 0 Å². The Morgan fingerprint density at radius 2 is 1.93 bits per heavy atom. The van der Waals surface area contributed by atoms with Gasteiger partial charge in [-0.2, -0.15) is 5.10 Å². The molecule has 0 unspecified atom stereocenters. The molecule has 0 bridgehead atoms. The molecule has 4 rings (SSSR count). The molecule has 0 aliphatic heterocycles. The molecule has 0 aliphatic rings. The van der Waals surface area contributed by atoms with Crippen LogP contribution in [0.15, 0.2) is 36.5 Å². The molecular formula is C21H21N5O2. The Hall–Kier alpha value is -3.48. The third-order valence-corrected chi connectivity index (χ3v) is 5.02. The van der Waals surface area contributed by atoms with Crippen molar-refractivity contribution in [3.63, 3.8) is 0 Å². The van der Waals surface area contributed by atoms with E-state index in [0.717, 1.165) is 17.4 Å². The number of carbonyl (C=O) groups is 2. The number of ketones is 1. The van der Waals surface area contributed by atoms with Crippen molar-refractivity contribution in [3.8, 4) is 0 Å². The van der Waals surface area contributed by atoms with E-state index in [4.69, 9.17) is 0 Å². The Balaban J connectivity index is 1.65. The lowest BCUT2D eigenvalue weighted by atomic mass is 10.2. The third-order valence-electron chi connectivity index (χ3n) is 5.02. The number of amides is 1. The second kappa shape index (κ2) is 6.60. The highest BCUT2D eigenvalue weighted by atomic mass is 16.2. The summed E-state index contributed by atoms with van der Waals surface area (Å²) in [7, 11) is 0. The Labute approximate surface area is 162 Å². The van der Waals surface area contributed by atoms with Crippen molar-refractivity contribution < 1.29 is 9.59 Å². The van der Waals surface area contributed by atoms with Gasteiger partial charge in [-0.15, -0.1) is 0 Å². The van der Waals surface area contributed by atoms with Crippen LogP contribution < -0.4 is 5.32 Å². The lowest BCUT2D eigenvalue weighted by Crippen LogP contribution is -2.13. The van der Waals surface area contributed by atoms with Crippen molar-refractivity contribution in [1.29, 1.82) is 0 Å². The average Bonchev–Trinajstić information content (AvgIpc) is 3.22. The summed E-state index contributed by atoms with van der Waals surface area (Å²) in [5, 5.41) is 8.31. The van der Waals surface area contributed by atoms with E-state index in [1.54, 1.807) is 13.0 Å². The van der Waals surface area contributed by atoms with Gasteiger partial charge in [0, 0.05) is 41.1 Å². The number of benzene rings is 1. The Bertz CT molecular complexity index is 1250. The fourth-order valence-electron chi connectivity index (χ4n) is 3.61. The first kappa shape index (κ1) is 17.9. The molecule has 7 heteroatoms. The smallest absolute Gasteiger partial charge is 0.276 e. The van der Waals surface area contributed by atoms with Gasteiger partial charge in [-0.1, -0.05) is 0 Å². The zero-order chi connectivity index (χ0) is 20.0. The third kappa shape index (κ3) is 2.85. The van der Waals surface area contributed by atoms with Gasteiger partial charge < -0.3 is 9.88 Å². The number of aromatic nitrogens is 4. The summed E-state index contributed by atoms with van der Waals surface area (Å²) in [6.45, 7) is 8.35. The molecular weight excluding hydrogens is 354 g/mol. The number of rotatable bonds is 4. The molecule has 1 amide bonds. The van der Waals surface area contributed by atoms with Gasteiger partial charge in [0.05, 0.1) is 11.3 Å². The highest BCUT2D eigenvalue weighted by Gasteiger charge is 2.16. The SMILES string of the molecule is CCn1c(C)cc2cc(NC(=O)c3cc4ncc(C(C)=O)c(C)n4n3)ccc21. The Morgan fingerprint density at radius 3 is 2.64 bits per heavy atom. The van der Waals surface area contributed by atoms with Crippen LogP contribution in [0, 0.1) is 13.8 Å². The van der Waals surface area contributed by atoms with E-state index in [1.165, 1.54) is 23.3 Å². The second-order valence-electron chi connectivity index (χ2n) is 6.87. The molecule has 0 fully saturated rings. The minimum atomic E-state index is -0.319. The van der Waals surface area contributed by atoms with E-state index < -0.39 is 0 Å². The van der Waals surface area contributed by atoms with Gasteiger partial charge in [-0.05, 0) is 52.0 Å². The summed E-state index contributed by atoms with van der Waals surface area (Å²) < 4.78 is 3.75. The van der Waals surface area contributed by atoms with E-state index >= 15 is 0 Å². The van der Waals surface area contributed by atoms with Crippen LogP contribution in [0.5, 0.6) is 0 Å². The van der Waals surface area contributed by atoms with Crippen molar-refractivity contribution in [2.45, 2.75) is 34.2 Å². The first-order valence-electron chi connectivity index (χ1n) is 9.16. The zero-order valence-electron chi connectivity index (χ0n) is 16.3. The molecule has 28 heavy (non-hydrogen) atoms. The molecule has 7 nitrogen and oxygen atoms in total. The Morgan fingerprint density at radius 1 is 1.14 bits per heavy atom. The van der Waals surface area contributed by atoms with Gasteiger partial charge in [0.2, 0.25) is 0 Å². The van der Waals surface area contributed by atoms with Crippen LogP contribution in [0.25, 0.3) is 16.6 Å². The molecule has 0 spiro atoms. The minimum Gasteiger partial charge on any atom is -0.345 e. The standard InChI is InChI=1S/C21H21N5O2/c1-5-25-12(2)8-15-9-16(6-7-19(15)25)23-21(28)18-10-20-22-11-17(14(4)27)13(3)26(20)24-18/h6-11H,5H2,1-4H3,(H,23,28). The van der Waals surface area contributed by atoms with E-state index in [2.05, 4.69) is 39.9 Å². The molecule has 0 saturated carbocycles. The summed E-state index contributed by atoms with van der Waals surface area (Å²) in [5.41, 5.74) is 4.96. The average molecular weight is 375 g/mol. The zero-order valence-corrected chi connectivity index (χ0v) is 16.3. The maximum atomic E-state index is 12.7. The summed E-state index contributed by atoms with van der Waals surface area (Å²) in [4.78, 5) is 28.6. The number of fused-ring (bicyclic) bond motifs is 2. The molecule has 0 aliphatic carbocycles. The van der Waals surface area contributed by atoms with Crippen LogP contribution in [0.1, 0.15) is 46.1 Å². The van der Waals surface area contributed by atoms with Gasteiger partial charge in [-0.25, -0.2) is 9.50 Å². The van der Waals surface area contributed by atoms with Crippen LogP contribution >= 0.6 is 0 Å². The summed E-state index contributed by atoms with van der Waals surface area (Å²) in [6, 6.07) is 9.58. The van der Waals surface area contributed by atoms with Crippen LogP contribution in [0.3, 0.4) is 0 Å². The van der Waals surface area contributed by atoms with Crippen LogP contribution in [-0.2, 0) is 6.54 Å². The maximum Gasteiger partial charge on any atom is 0.276 e. The number of hydrogen-bond acceptors (Lipinski definition) is 4. The number of aryl methyl sites for hydroxylation is 3. The van der Waals surface area contributed by atoms with Crippen LogP contribution in [0.2, 0.25) is 0 Å². The Kier molecular flexibility index (Phi) is 4.22. The van der Waals surface area contributed by atoms with Crippen molar-refractivity contribution in [1.82, 2.24) is 19.2 Å². The van der Waals surface area contributed by atoms with Gasteiger partial charge in [0.15, 0.2) is 17.1 Å². The molecule has 0 radical (unpaired) electrons. The normalized spacial score (nSPS) is 11.3. The van der Waals surface area contributed by atoms with E-state index in [9.17, 15) is 9.59 Å². The topological polar surface area (TPSA) is 81.3 Å². The number of hydrogen-bond donors (Lipinski definition) is 1. The number of Topliss-reactive ketones (excluding diaryl/α,β-unsaturated/α-hetero) is 1. The maximum absolute atomic E-state index is 12.7. The molecule has 4 aromatic rings. The van der Waals surface area contributed by atoms with Crippen molar-refractivity contribution in [3.05, 3.63) is 59.2 Å². The first-order chi connectivity index (χ1) is 13.4. The summed E-state index contributed by atoms with van der Waals surface area (Å²) >= 11 is 0. The molecule has 1 N–H and O–H groups in total. The lowest BCUT2D eigenvalue weighted by molar-refractivity contribution is 0.101. The fraction of sp³-hybridized carbons (Fsp3) is 0.238. The number of nitrogens with one attached hydrogen (secondary N) is 1. The lowest BCUT2D eigenvalue weighted by Gasteiger charge is -2.06. The minimum absolute atomic E-state index is 0.0870. The van der Waals surface area contributed by atoms with E-state index in [0.29, 0.717) is 22.6 Å². The van der Waals surface area contributed by atoms with Gasteiger partial charge >= 0.3 is 0 Å². The summed E-state index contributed by atoms with van der Waals surface area (Å²) in [5.74, 6) is -0.406. The van der Waals surface area contributed by atoms with Gasteiger partial charge in [0.25, 0.3) is 5.91 Å². The second-order valence-corrected chi connectivity index (χ2v) is 6.87. The van der Waals surface area contributed by atoms with Gasteiger partial charge in [-0.3, -0.25) is 9.59 Å². The predicted octanol–water partition coefficient (Wildman–Crippen LogP) is 3.78. The van der Waals surface area contributed by atoms with Crippen LogP contribution in [-0.4, -0.2) is 30.9 Å². The van der Waals surface area contributed by atoms with E-state index in [-0.39, 0.29) is 17.4 Å². The molecule has 0 saturated heterocycles. The molecule has 0 atom stereocenters. The molecule has 3 aromatic heterocycles. The molecule has 1 aromatic carbocycles. The summed E-state index contributed by atoms with van der Waals surface area (Å²) in [6.07, 6.45) is 1.52. The predicted molar refractivity (Wildman–Crippen MR) is 108 cm³/mol. The quantitative estimate of drug-likeness (QED) is 0.551. The van der Waals surface area contributed by atoms with Crippen molar-refractivity contribution in [2.75, 3.05) is 5.32 Å². The monoisotopic (exact) mass is 375 g/mol. The van der Waals surface area contributed by atoms with Crippen molar-refractivity contribution >= 4 is 33.9 Å². The largest absolute Gasteiger partial charge is 0.345 e. The number of anilines is 1. The van der Waals surface area contributed by atoms with Crippen molar-refractivity contribution in [2.24, 2.45) is 0 Å². The van der Waals surface area contributed by atoms with Crippen LogP contribution in [0.4, 0.5) is 5.69 Å². The number of carbonyl (C=O) groups excluding carboxylic acids is 2. The highest BCUT2D eigenvalue weighted by Crippen LogP contribution is 2.23. The fourth-order valence-corrected chi connectivity index (χ4v) is 3.61. The first-order valence-corrected chi connectivity index (χ1v) is 9.16. The number of nitrogens with zero attached hydrogens (tertiary/aromatic N) is 4. The van der Waals surface area contributed by atoms with E-state index in [1.807, 2.05) is 18.2 Å². The highest BCUT2D eigenvalue weighted by molar-refractivity contribution is 6.04. The molecule has 3 heterocycles.